The predicted octanol–water partition coefficient (Wildman–Crippen LogP) is 2.99. The molecule has 0 spiro atoms. The summed E-state index contributed by atoms with van der Waals surface area (Å²) in [6.45, 7) is 0. The van der Waals surface area contributed by atoms with Gasteiger partial charge in [-0.1, -0.05) is 24.3 Å². The van der Waals surface area contributed by atoms with Gasteiger partial charge in [0, 0.05) is 11.1 Å². The average Bonchev–Trinajstić information content (AvgIpc) is 2.80. The topological polar surface area (TPSA) is 61.6 Å². The van der Waals surface area contributed by atoms with Crippen LogP contribution < -0.4 is 10.5 Å². The summed E-state index contributed by atoms with van der Waals surface area (Å²) in [4.78, 5) is 10.8. The number of fused-ring (bicyclic) bond motifs is 1. The fourth-order valence-electron chi connectivity index (χ4n) is 2.38. The fourth-order valence-corrected chi connectivity index (χ4v) is 2.38. The van der Waals surface area contributed by atoms with Crippen LogP contribution in [0.3, 0.4) is 0 Å². The molecule has 2 aromatic rings. The zero-order valence-electron chi connectivity index (χ0n) is 10.8. The number of hydrogen-bond acceptors (Lipinski definition) is 3. The summed E-state index contributed by atoms with van der Waals surface area (Å²) < 4.78 is 38.1. The molecular formula is C15H11F2NO3. The van der Waals surface area contributed by atoms with Crippen molar-refractivity contribution in [3.63, 3.8) is 0 Å². The van der Waals surface area contributed by atoms with Gasteiger partial charge in [-0.3, -0.25) is 0 Å². The second-order valence-corrected chi connectivity index (χ2v) is 4.58. The predicted molar refractivity (Wildman–Crippen MR) is 70.6 cm³/mol. The zero-order chi connectivity index (χ0) is 15.0. The van der Waals surface area contributed by atoms with Crippen molar-refractivity contribution in [2.75, 3.05) is 0 Å². The molecule has 1 amide bonds. The maximum absolute atomic E-state index is 13.9. The summed E-state index contributed by atoms with van der Waals surface area (Å²) in [6, 6.07) is 8.58. The number of rotatable bonds is 2. The van der Waals surface area contributed by atoms with Gasteiger partial charge < -0.3 is 15.2 Å². The molecule has 1 heterocycles. The molecule has 21 heavy (non-hydrogen) atoms. The van der Waals surface area contributed by atoms with Crippen LogP contribution in [0.15, 0.2) is 36.4 Å². The Bertz CT molecular complexity index is 698. The molecule has 0 saturated carbocycles. The molecule has 4 nitrogen and oxygen atoms in total. The highest BCUT2D eigenvalue weighted by molar-refractivity contribution is 5.74. The van der Waals surface area contributed by atoms with Crippen molar-refractivity contribution in [3.8, 4) is 16.9 Å². The molecule has 0 fully saturated rings. The number of hydrogen-bond donors (Lipinski definition) is 1. The Hall–Kier alpha value is -2.63. The summed E-state index contributed by atoms with van der Waals surface area (Å²) in [5.74, 6) is -1.08. The Morgan fingerprint density at radius 1 is 1.19 bits per heavy atom. The standard InChI is InChI=1S/C15H11F2NO3/c16-10-5-2-6-11(17)13(10)9-4-1-3-8-7-12(20-14(8)9)21-15(18)19/h1-6,12H,7H2,(H2,18,19). The number of amides is 1. The number of para-hydroxylation sites is 1. The molecule has 0 aromatic heterocycles. The van der Waals surface area contributed by atoms with Crippen LogP contribution in [-0.2, 0) is 11.2 Å². The van der Waals surface area contributed by atoms with Gasteiger partial charge in [-0.2, -0.15) is 0 Å². The van der Waals surface area contributed by atoms with Gasteiger partial charge in [0.15, 0.2) is 0 Å². The van der Waals surface area contributed by atoms with Gasteiger partial charge in [-0.25, -0.2) is 13.6 Å². The lowest BCUT2D eigenvalue weighted by Gasteiger charge is -2.12. The summed E-state index contributed by atoms with van der Waals surface area (Å²) >= 11 is 0. The van der Waals surface area contributed by atoms with E-state index in [1.165, 1.54) is 18.2 Å². The molecule has 1 unspecified atom stereocenters. The van der Waals surface area contributed by atoms with Gasteiger partial charge >= 0.3 is 6.09 Å². The van der Waals surface area contributed by atoms with E-state index < -0.39 is 24.0 Å². The number of primary amides is 1. The normalized spacial score (nSPS) is 16.2. The molecular weight excluding hydrogens is 280 g/mol. The lowest BCUT2D eigenvalue weighted by molar-refractivity contribution is -0.0119. The first kappa shape index (κ1) is 13.4. The molecule has 108 valence electrons. The van der Waals surface area contributed by atoms with Crippen LogP contribution in [0.2, 0.25) is 0 Å². The fraction of sp³-hybridized carbons (Fsp3) is 0.133. The first-order valence-electron chi connectivity index (χ1n) is 6.25. The zero-order valence-corrected chi connectivity index (χ0v) is 10.8. The highest BCUT2D eigenvalue weighted by atomic mass is 19.1. The maximum atomic E-state index is 13.9. The Labute approximate surface area is 119 Å². The smallest absolute Gasteiger partial charge is 0.407 e. The van der Waals surface area contributed by atoms with Crippen molar-refractivity contribution < 1.29 is 23.0 Å². The Kier molecular flexibility index (Phi) is 3.21. The van der Waals surface area contributed by atoms with E-state index in [0.29, 0.717) is 11.3 Å². The largest absolute Gasteiger partial charge is 0.453 e. The van der Waals surface area contributed by atoms with Crippen molar-refractivity contribution in [2.45, 2.75) is 12.7 Å². The molecule has 3 rings (SSSR count). The molecule has 0 saturated heterocycles. The molecule has 0 aliphatic carbocycles. The number of carbonyl (C=O) groups excluding carboxylic acids is 1. The quantitative estimate of drug-likeness (QED) is 0.925. The summed E-state index contributed by atoms with van der Waals surface area (Å²) in [6.07, 6.45) is -1.57. The van der Waals surface area contributed by atoms with Crippen LogP contribution in [0, 0.1) is 11.6 Å². The molecule has 1 aliphatic heterocycles. The van der Waals surface area contributed by atoms with E-state index in [1.54, 1.807) is 18.2 Å². The van der Waals surface area contributed by atoms with Crippen LogP contribution in [0.25, 0.3) is 11.1 Å². The summed E-state index contributed by atoms with van der Waals surface area (Å²) in [5, 5.41) is 0. The third-order valence-corrected chi connectivity index (χ3v) is 3.21. The minimum absolute atomic E-state index is 0.172. The number of benzene rings is 2. The van der Waals surface area contributed by atoms with E-state index in [4.69, 9.17) is 15.2 Å². The van der Waals surface area contributed by atoms with Crippen LogP contribution in [0.5, 0.6) is 5.75 Å². The molecule has 2 aromatic carbocycles. The van der Waals surface area contributed by atoms with Gasteiger partial charge in [0.05, 0.1) is 12.0 Å². The third kappa shape index (κ3) is 2.40. The Morgan fingerprint density at radius 2 is 1.86 bits per heavy atom. The molecule has 6 heteroatoms. The average molecular weight is 291 g/mol. The minimum Gasteiger partial charge on any atom is -0.453 e. The Morgan fingerprint density at radius 3 is 2.52 bits per heavy atom. The van der Waals surface area contributed by atoms with Gasteiger partial charge in [0.2, 0.25) is 6.29 Å². The first-order chi connectivity index (χ1) is 10.1. The van der Waals surface area contributed by atoms with Crippen LogP contribution in [0.1, 0.15) is 5.56 Å². The monoisotopic (exact) mass is 291 g/mol. The van der Waals surface area contributed by atoms with Gasteiger partial charge in [-0.05, 0) is 12.1 Å². The van der Waals surface area contributed by atoms with Crippen molar-refractivity contribution >= 4 is 6.09 Å². The van der Waals surface area contributed by atoms with Crippen molar-refractivity contribution in [1.29, 1.82) is 0 Å². The van der Waals surface area contributed by atoms with Crippen molar-refractivity contribution in [2.24, 2.45) is 5.73 Å². The number of halogens is 2. The molecule has 1 aliphatic rings. The maximum Gasteiger partial charge on any atom is 0.407 e. The van der Waals surface area contributed by atoms with Gasteiger partial charge in [-0.15, -0.1) is 0 Å². The van der Waals surface area contributed by atoms with Crippen LogP contribution >= 0.6 is 0 Å². The minimum atomic E-state index is -0.966. The third-order valence-electron chi connectivity index (χ3n) is 3.21. The van der Waals surface area contributed by atoms with Crippen LogP contribution in [-0.4, -0.2) is 12.4 Å². The second-order valence-electron chi connectivity index (χ2n) is 4.58. The number of nitrogens with two attached hydrogens (primary N) is 1. The SMILES string of the molecule is NC(=O)OC1Cc2cccc(-c3c(F)cccc3F)c2O1. The number of carbonyl (C=O) groups is 1. The van der Waals surface area contributed by atoms with E-state index in [0.717, 1.165) is 0 Å². The van der Waals surface area contributed by atoms with E-state index in [-0.39, 0.29) is 17.5 Å². The van der Waals surface area contributed by atoms with E-state index in [2.05, 4.69) is 0 Å². The number of ether oxygens (including phenoxy) is 2. The lowest BCUT2D eigenvalue weighted by Crippen LogP contribution is -2.25. The van der Waals surface area contributed by atoms with Gasteiger partial charge in [0.1, 0.15) is 17.4 Å². The molecule has 0 bridgehead atoms. The van der Waals surface area contributed by atoms with E-state index >= 15 is 0 Å². The Balaban J connectivity index is 2.05. The van der Waals surface area contributed by atoms with Crippen LogP contribution in [0.4, 0.5) is 13.6 Å². The second kappa shape index (κ2) is 5.05. The lowest BCUT2D eigenvalue weighted by atomic mass is 10.0. The van der Waals surface area contributed by atoms with E-state index in [9.17, 15) is 13.6 Å². The highest BCUT2D eigenvalue weighted by Crippen LogP contribution is 2.40. The summed E-state index contributed by atoms with van der Waals surface area (Å²) in [7, 11) is 0. The van der Waals surface area contributed by atoms with Crippen molar-refractivity contribution in [1.82, 2.24) is 0 Å². The summed E-state index contributed by atoms with van der Waals surface area (Å²) in [5.41, 5.74) is 5.74. The first-order valence-corrected chi connectivity index (χ1v) is 6.25. The van der Waals surface area contributed by atoms with E-state index in [1.807, 2.05) is 0 Å². The molecule has 1 atom stereocenters. The van der Waals surface area contributed by atoms with Gasteiger partial charge in [0.25, 0.3) is 0 Å². The highest BCUT2D eigenvalue weighted by Gasteiger charge is 2.29. The molecule has 0 radical (unpaired) electrons. The molecule has 2 N–H and O–H groups in total. The van der Waals surface area contributed by atoms with Crippen molar-refractivity contribution in [3.05, 3.63) is 53.6 Å².